The molecule has 0 bridgehead atoms. The first-order valence-electron chi connectivity index (χ1n) is 9.00. The van der Waals surface area contributed by atoms with E-state index in [1.54, 1.807) is 11.3 Å². The zero-order valence-electron chi connectivity index (χ0n) is 14.5. The summed E-state index contributed by atoms with van der Waals surface area (Å²) in [6.07, 6.45) is 1.98. The average molecular weight is 372 g/mol. The molecular weight excluding hydrogens is 350 g/mol. The van der Waals surface area contributed by atoms with Crippen LogP contribution in [0.5, 0.6) is 0 Å². The number of nitriles is 1. The van der Waals surface area contributed by atoms with Crippen molar-refractivity contribution >= 4 is 17.1 Å². The van der Waals surface area contributed by atoms with Crippen LogP contribution < -0.4 is 10.6 Å². The zero-order valence-corrected chi connectivity index (χ0v) is 15.4. The van der Waals surface area contributed by atoms with Gasteiger partial charge >= 0.3 is 0 Å². The fraction of sp³-hybridized carbons (Fsp3) is 0.474. The monoisotopic (exact) mass is 372 g/mol. The number of nitrogens with zero attached hydrogens (tertiary/aromatic N) is 1. The predicted molar refractivity (Wildman–Crippen MR) is 96.1 cm³/mol. The van der Waals surface area contributed by atoms with Crippen LogP contribution in [0.15, 0.2) is 34.2 Å². The van der Waals surface area contributed by atoms with Gasteiger partial charge in [-0.15, -0.1) is 11.3 Å². The van der Waals surface area contributed by atoms with Crippen molar-refractivity contribution < 1.29 is 19.2 Å². The molecule has 7 heteroatoms. The van der Waals surface area contributed by atoms with Crippen molar-refractivity contribution in [2.45, 2.75) is 31.7 Å². The van der Waals surface area contributed by atoms with E-state index in [0.717, 1.165) is 44.1 Å². The minimum atomic E-state index is -0.380. The highest BCUT2D eigenvalue weighted by Crippen LogP contribution is 2.44. The second kappa shape index (κ2) is 7.23. The summed E-state index contributed by atoms with van der Waals surface area (Å²) >= 11 is 1.60. The van der Waals surface area contributed by atoms with Crippen LogP contribution in [0.4, 0.5) is 0 Å². The van der Waals surface area contributed by atoms with E-state index in [1.165, 1.54) is 10.5 Å². The molecule has 6 nitrogen and oxygen atoms in total. The summed E-state index contributed by atoms with van der Waals surface area (Å²) < 4.78 is 11.0. The van der Waals surface area contributed by atoms with Crippen molar-refractivity contribution in [2.75, 3.05) is 26.3 Å². The second-order valence-corrected chi connectivity index (χ2v) is 7.88. The highest BCUT2D eigenvalue weighted by atomic mass is 32.1. The highest BCUT2D eigenvalue weighted by molar-refractivity contribution is 7.10. The van der Waals surface area contributed by atoms with Crippen LogP contribution in [-0.4, -0.2) is 32.1 Å². The van der Waals surface area contributed by atoms with Crippen molar-refractivity contribution in [2.24, 2.45) is 5.73 Å². The molecular formula is C19H22N3O3S+. The van der Waals surface area contributed by atoms with Crippen LogP contribution in [0.3, 0.4) is 0 Å². The SMILES string of the molecule is N#CC1=C(N)OC2=C(C(=O)CCC2)[C@H]1c1cc(C[NH+]2CCOCC2)cs1. The zero-order chi connectivity index (χ0) is 18.1. The third-order valence-corrected chi connectivity index (χ3v) is 6.26. The maximum Gasteiger partial charge on any atom is 0.205 e. The molecule has 1 saturated heterocycles. The lowest BCUT2D eigenvalue weighted by molar-refractivity contribution is -0.921. The number of ether oxygens (including phenoxy) is 2. The van der Waals surface area contributed by atoms with Gasteiger partial charge < -0.3 is 20.1 Å². The fourth-order valence-corrected chi connectivity index (χ4v) is 4.93. The normalized spacial score (nSPS) is 24.3. The molecule has 0 saturated carbocycles. The Balaban J connectivity index is 1.65. The number of quaternary nitrogens is 1. The lowest BCUT2D eigenvalue weighted by Gasteiger charge is -2.30. The van der Waals surface area contributed by atoms with E-state index >= 15 is 0 Å². The van der Waals surface area contributed by atoms with Crippen LogP contribution in [0.2, 0.25) is 0 Å². The Morgan fingerprint density at radius 1 is 1.35 bits per heavy atom. The van der Waals surface area contributed by atoms with E-state index < -0.39 is 0 Å². The molecule has 1 fully saturated rings. The first kappa shape index (κ1) is 17.3. The molecule has 2 aliphatic heterocycles. The molecule has 26 heavy (non-hydrogen) atoms. The van der Waals surface area contributed by atoms with Gasteiger partial charge in [0.1, 0.15) is 37.0 Å². The van der Waals surface area contributed by atoms with E-state index in [4.69, 9.17) is 15.2 Å². The number of nitrogens with one attached hydrogen (secondary N) is 1. The molecule has 3 aliphatic rings. The lowest BCUT2D eigenvalue weighted by Crippen LogP contribution is -3.12. The van der Waals surface area contributed by atoms with Crippen LogP contribution in [0, 0.1) is 11.3 Å². The van der Waals surface area contributed by atoms with Gasteiger partial charge in [0, 0.05) is 28.9 Å². The summed E-state index contributed by atoms with van der Waals surface area (Å²) in [6, 6.07) is 4.30. The number of carbonyl (C=O) groups excluding carboxylic acids is 1. The molecule has 1 atom stereocenters. The first-order chi connectivity index (χ1) is 12.7. The predicted octanol–water partition coefficient (Wildman–Crippen LogP) is 0.978. The van der Waals surface area contributed by atoms with Crippen molar-refractivity contribution in [1.82, 2.24) is 0 Å². The molecule has 4 rings (SSSR count). The third-order valence-electron chi connectivity index (χ3n) is 5.22. The summed E-state index contributed by atoms with van der Waals surface area (Å²) in [4.78, 5) is 15.1. The number of rotatable bonds is 3. The summed E-state index contributed by atoms with van der Waals surface area (Å²) in [5.41, 5.74) is 8.22. The van der Waals surface area contributed by atoms with Gasteiger partial charge in [0.05, 0.1) is 19.1 Å². The quantitative estimate of drug-likeness (QED) is 0.826. The molecule has 0 aromatic carbocycles. The molecule has 0 unspecified atom stereocenters. The smallest absolute Gasteiger partial charge is 0.205 e. The van der Waals surface area contributed by atoms with Crippen LogP contribution in [0.1, 0.15) is 35.6 Å². The minimum Gasteiger partial charge on any atom is -0.444 e. The van der Waals surface area contributed by atoms with E-state index in [0.29, 0.717) is 29.7 Å². The number of allylic oxidation sites excluding steroid dienone is 3. The summed E-state index contributed by atoms with van der Waals surface area (Å²) in [6.45, 7) is 4.55. The molecule has 3 heterocycles. The summed E-state index contributed by atoms with van der Waals surface area (Å²) in [7, 11) is 0. The maximum absolute atomic E-state index is 12.6. The number of hydrogen-bond donors (Lipinski definition) is 2. The van der Waals surface area contributed by atoms with Gasteiger partial charge in [-0.05, 0) is 17.9 Å². The van der Waals surface area contributed by atoms with Crippen LogP contribution >= 0.6 is 11.3 Å². The molecule has 136 valence electrons. The Kier molecular flexibility index (Phi) is 4.81. The Morgan fingerprint density at radius 3 is 2.92 bits per heavy atom. The second-order valence-electron chi connectivity index (χ2n) is 6.93. The van der Waals surface area contributed by atoms with E-state index in [2.05, 4.69) is 17.5 Å². The van der Waals surface area contributed by atoms with Crippen molar-refractivity contribution in [3.8, 4) is 6.07 Å². The topological polar surface area (TPSA) is 89.8 Å². The van der Waals surface area contributed by atoms with Crippen LogP contribution in [-0.2, 0) is 20.8 Å². The summed E-state index contributed by atoms with van der Waals surface area (Å²) in [5.74, 6) is 0.483. The van der Waals surface area contributed by atoms with Gasteiger partial charge in [0.2, 0.25) is 5.88 Å². The maximum atomic E-state index is 12.6. The minimum absolute atomic E-state index is 0.0743. The Labute approximate surface area is 156 Å². The number of carbonyl (C=O) groups is 1. The Hall–Kier alpha value is -2.14. The molecule has 0 amide bonds. The number of morpholine rings is 1. The van der Waals surface area contributed by atoms with Crippen LogP contribution in [0.25, 0.3) is 0 Å². The van der Waals surface area contributed by atoms with Gasteiger partial charge in [-0.2, -0.15) is 5.26 Å². The summed E-state index contributed by atoms with van der Waals surface area (Å²) in [5, 5.41) is 11.8. The van der Waals surface area contributed by atoms with Gasteiger partial charge in [-0.25, -0.2) is 0 Å². The Morgan fingerprint density at radius 2 is 2.15 bits per heavy atom. The first-order valence-corrected chi connectivity index (χ1v) is 9.87. The van der Waals surface area contributed by atoms with Gasteiger partial charge in [-0.1, -0.05) is 0 Å². The number of thiophene rings is 1. The van der Waals surface area contributed by atoms with E-state index in [-0.39, 0.29) is 17.6 Å². The molecule has 1 aromatic rings. The lowest BCUT2D eigenvalue weighted by atomic mass is 9.80. The van der Waals surface area contributed by atoms with Gasteiger partial charge in [0.15, 0.2) is 5.78 Å². The molecule has 0 spiro atoms. The average Bonchev–Trinajstić information content (AvgIpc) is 3.10. The number of nitrogens with two attached hydrogens (primary N) is 1. The molecule has 1 aliphatic carbocycles. The van der Waals surface area contributed by atoms with Gasteiger partial charge in [-0.3, -0.25) is 4.79 Å². The highest BCUT2D eigenvalue weighted by Gasteiger charge is 2.38. The van der Waals surface area contributed by atoms with E-state index in [9.17, 15) is 10.1 Å². The standard InChI is InChI=1S/C19H21N3O3S/c20-9-13-17(18-14(23)2-1-3-15(18)25-19(13)21)16-8-12(11-26-16)10-22-4-6-24-7-5-22/h8,11,17H,1-7,10,21H2/p+1/t17-/m1/s1. The number of ketones is 1. The van der Waals surface area contributed by atoms with E-state index in [1.807, 2.05) is 0 Å². The molecule has 0 radical (unpaired) electrons. The molecule has 1 aromatic heterocycles. The molecule has 3 N–H and O–H groups in total. The van der Waals surface area contributed by atoms with Crippen molar-refractivity contribution in [1.29, 1.82) is 5.26 Å². The van der Waals surface area contributed by atoms with Crippen molar-refractivity contribution in [3.05, 3.63) is 44.7 Å². The van der Waals surface area contributed by atoms with Gasteiger partial charge in [0.25, 0.3) is 0 Å². The van der Waals surface area contributed by atoms with Crippen molar-refractivity contribution in [3.63, 3.8) is 0 Å². The largest absolute Gasteiger partial charge is 0.444 e. The number of Topliss-reactive ketones (excluding diaryl/α,β-unsaturated/α-hetero) is 1. The fourth-order valence-electron chi connectivity index (χ4n) is 3.90. The Bertz CT molecular complexity index is 827. The third kappa shape index (κ3) is 3.16. The number of hydrogen-bond acceptors (Lipinski definition) is 6.